The molecule has 0 amide bonds. The van der Waals surface area contributed by atoms with E-state index in [9.17, 15) is 21.6 Å². The van der Waals surface area contributed by atoms with Gasteiger partial charge in [0, 0.05) is 12.6 Å². The first-order valence-corrected chi connectivity index (χ1v) is 8.10. The molecule has 4 nitrogen and oxygen atoms in total. The van der Waals surface area contributed by atoms with Crippen LogP contribution in [0.1, 0.15) is 24.8 Å². The molecule has 0 bridgehead atoms. The molecule has 118 valence electrons. The molecule has 21 heavy (non-hydrogen) atoms. The Morgan fingerprint density at radius 1 is 1.24 bits per heavy atom. The quantitative estimate of drug-likeness (QED) is 0.892. The molecule has 2 unspecified atom stereocenters. The van der Waals surface area contributed by atoms with Gasteiger partial charge in [-0.1, -0.05) is 12.1 Å². The first-order chi connectivity index (χ1) is 9.70. The van der Waals surface area contributed by atoms with Crippen LogP contribution in [0.3, 0.4) is 0 Å². The summed E-state index contributed by atoms with van der Waals surface area (Å²) in [5, 5.41) is 0. The van der Waals surface area contributed by atoms with Gasteiger partial charge in [-0.15, -0.1) is 0 Å². The molecule has 0 aromatic heterocycles. The summed E-state index contributed by atoms with van der Waals surface area (Å²) in [6.07, 6.45) is -2.43. The first-order valence-electron chi connectivity index (χ1n) is 6.61. The molecule has 2 atom stereocenters. The maximum absolute atomic E-state index is 12.9. The number of hydrogen-bond donors (Lipinski definition) is 2. The highest BCUT2D eigenvalue weighted by molar-refractivity contribution is 7.89. The summed E-state index contributed by atoms with van der Waals surface area (Å²) in [6, 6.07) is 4.21. The lowest BCUT2D eigenvalue weighted by Crippen LogP contribution is -2.30. The van der Waals surface area contributed by atoms with Crippen molar-refractivity contribution >= 4 is 10.0 Å². The molecule has 2 rings (SSSR count). The second kappa shape index (κ2) is 5.94. The number of halogens is 3. The van der Waals surface area contributed by atoms with E-state index in [1.807, 2.05) is 0 Å². The molecule has 0 radical (unpaired) electrons. The molecule has 0 spiro atoms. The molecule has 1 fully saturated rings. The first kappa shape index (κ1) is 16.3. The number of sulfonamides is 1. The van der Waals surface area contributed by atoms with Crippen molar-refractivity contribution in [1.82, 2.24) is 4.72 Å². The molecule has 0 heterocycles. The summed E-state index contributed by atoms with van der Waals surface area (Å²) in [5.74, 6) is 0.0767. The summed E-state index contributed by atoms with van der Waals surface area (Å²) >= 11 is 0. The van der Waals surface area contributed by atoms with E-state index in [4.69, 9.17) is 5.73 Å². The highest BCUT2D eigenvalue weighted by Gasteiger charge is 2.37. The van der Waals surface area contributed by atoms with E-state index in [-0.39, 0.29) is 18.5 Å². The van der Waals surface area contributed by atoms with E-state index in [0.29, 0.717) is 6.42 Å². The summed E-state index contributed by atoms with van der Waals surface area (Å²) in [5.41, 5.74) is 4.58. The second-order valence-corrected chi connectivity index (χ2v) is 7.02. The zero-order valence-corrected chi connectivity index (χ0v) is 12.0. The van der Waals surface area contributed by atoms with Crippen LogP contribution >= 0.6 is 0 Å². The van der Waals surface area contributed by atoms with Gasteiger partial charge in [0.05, 0.1) is 10.5 Å². The van der Waals surface area contributed by atoms with Crippen LogP contribution in [0, 0.1) is 5.92 Å². The molecule has 1 aliphatic rings. The second-order valence-electron chi connectivity index (χ2n) is 5.28. The Morgan fingerprint density at radius 3 is 2.48 bits per heavy atom. The Bertz CT molecular complexity index is 602. The van der Waals surface area contributed by atoms with Crippen molar-refractivity contribution in [3.05, 3.63) is 29.8 Å². The maximum atomic E-state index is 12.9. The molecular formula is C13H17F3N2O2S. The Labute approximate surface area is 121 Å². The van der Waals surface area contributed by atoms with Crippen molar-refractivity contribution in [3.63, 3.8) is 0 Å². The fourth-order valence-corrected chi connectivity index (χ4v) is 3.88. The Hall–Kier alpha value is -1.12. The molecule has 0 saturated heterocycles. The van der Waals surface area contributed by atoms with Crippen molar-refractivity contribution in [2.45, 2.75) is 36.4 Å². The average Bonchev–Trinajstić information content (AvgIpc) is 2.82. The van der Waals surface area contributed by atoms with Crippen LogP contribution in [0.5, 0.6) is 0 Å². The summed E-state index contributed by atoms with van der Waals surface area (Å²) in [6.45, 7) is 0.113. The maximum Gasteiger partial charge on any atom is 0.417 e. The van der Waals surface area contributed by atoms with Gasteiger partial charge in [0.25, 0.3) is 0 Å². The smallest absolute Gasteiger partial charge is 0.328 e. The monoisotopic (exact) mass is 322 g/mol. The molecule has 1 saturated carbocycles. The molecule has 1 aliphatic carbocycles. The third-order valence-electron chi connectivity index (χ3n) is 3.63. The van der Waals surface area contributed by atoms with Crippen molar-refractivity contribution in [1.29, 1.82) is 0 Å². The van der Waals surface area contributed by atoms with E-state index in [1.165, 1.54) is 6.07 Å². The molecule has 1 aromatic rings. The molecule has 1 aromatic carbocycles. The highest BCUT2D eigenvalue weighted by Crippen LogP contribution is 2.34. The van der Waals surface area contributed by atoms with Crippen LogP contribution in [0.25, 0.3) is 0 Å². The van der Waals surface area contributed by atoms with Crippen LogP contribution < -0.4 is 10.5 Å². The normalized spacial score (nSPS) is 23.4. The Kier molecular flexibility index (Phi) is 4.60. The highest BCUT2D eigenvalue weighted by atomic mass is 32.2. The number of rotatable bonds is 4. The van der Waals surface area contributed by atoms with Gasteiger partial charge in [0.1, 0.15) is 0 Å². The minimum Gasteiger partial charge on any atom is -0.328 e. The third-order valence-corrected chi connectivity index (χ3v) is 5.11. The Balaban J connectivity index is 2.16. The minimum absolute atomic E-state index is 0.0435. The molecule has 0 aliphatic heterocycles. The number of nitrogens with two attached hydrogens (primary N) is 1. The largest absolute Gasteiger partial charge is 0.417 e. The summed E-state index contributed by atoms with van der Waals surface area (Å²) in [4.78, 5) is -0.736. The van der Waals surface area contributed by atoms with Gasteiger partial charge >= 0.3 is 6.18 Å². The minimum atomic E-state index is -4.71. The fourth-order valence-electron chi connectivity index (χ4n) is 2.54. The standard InChI is InChI=1S/C13H17F3N2O2S/c14-13(15,16)11-3-1-2-4-12(11)21(19,20)18-8-9-5-6-10(17)7-9/h1-4,9-10,18H,5-8,17H2. The van der Waals surface area contributed by atoms with Gasteiger partial charge in [-0.05, 0) is 37.3 Å². The summed E-state index contributed by atoms with van der Waals surface area (Å²) < 4.78 is 65.0. The van der Waals surface area contributed by atoms with Gasteiger partial charge in [-0.2, -0.15) is 13.2 Å². The fraction of sp³-hybridized carbons (Fsp3) is 0.538. The lowest BCUT2D eigenvalue weighted by molar-refractivity contribution is -0.139. The van der Waals surface area contributed by atoms with Gasteiger partial charge in [-0.3, -0.25) is 0 Å². The average molecular weight is 322 g/mol. The number of alkyl halides is 3. The van der Waals surface area contributed by atoms with Crippen molar-refractivity contribution < 1.29 is 21.6 Å². The van der Waals surface area contributed by atoms with E-state index in [0.717, 1.165) is 31.0 Å². The number of nitrogens with one attached hydrogen (secondary N) is 1. The number of benzene rings is 1. The van der Waals surface area contributed by atoms with Crippen molar-refractivity contribution in [2.24, 2.45) is 11.7 Å². The zero-order valence-electron chi connectivity index (χ0n) is 11.2. The SMILES string of the molecule is NC1CCC(CNS(=O)(=O)c2ccccc2C(F)(F)F)C1. The van der Waals surface area contributed by atoms with E-state index >= 15 is 0 Å². The van der Waals surface area contributed by atoms with Gasteiger partial charge in [-0.25, -0.2) is 13.1 Å². The molecular weight excluding hydrogens is 305 g/mol. The third kappa shape index (κ3) is 3.96. The lowest BCUT2D eigenvalue weighted by Gasteiger charge is -2.15. The van der Waals surface area contributed by atoms with E-state index < -0.39 is 26.7 Å². The van der Waals surface area contributed by atoms with E-state index in [2.05, 4.69) is 4.72 Å². The van der Waals surface area contributed by atoms with Crippen LogP contribution in [0.2, 0.25) is 0 Å². The van der Waals surface area contributed by atoms with Crippen LogP contribution in [0.4, 0.5) is 13.2 Å². The molecule has 8 heteroatoms. The predicted octanol–water partition coefficient (Wildman–Crippen LogP) is 2.11. The number of hydrogen-bond acceptors (Lipinski definition) is 3. The van der Waals surface area contributed by atoms with Crippen LogP contribution in [-0.2, 0) is 16.2 Å². The van der Waals surface area contributed by atoms with Crippen molar-refractivity contribution in [2.75, 3.05) is 6.54 Å². The predicted molar refractivity (Wildman–Crippen MR) is 71.9 cm³/mol. The topological polar surface area (TPSA) is 72.2 Å². The van der Waals surface area contributed by atoms with Gasteiger partial charge in [0.15, 0.2) is 0 Å². The van der Waals surface area contributed by atoms with Crippen LogP contribution in [-0.4, -0.2) is 21.0 Å². The Morgan fingerprint density at radius 2 is 1.90 bits per heavy atom. The lowest BCUT2D eigenvalue weighted by atomic mass is 10.1. The zero-order chi connectivity index (χ0) is 15.7. The molecule has 3 N–H and O–H groups in total. The van der Waals surface area contributed by atoms with Crippen molar-refractivity contribution in [3.8, 4) is 0 Å². The van der Waals surface area contributed by atoms with Crippen LogP contribution in [0.15, 0.2) is 29.2 Å². The van der Waals surface area contributed by atoms with Gasteiger partial charge in [0.2, 0.25) is 10.0 Å². The van der Waals surface area contributed by atoms with Gasteiger partial charge < -0.3 is 5.73 Å². The summed E-state index contributed by atoms with van der Waals surface area (Å²) in [7, 11) is -4.19. The van der Waals surface area contributed by atoms with E-state index in [1.54, 1.807) is 0 Å².